The van der Waals surface area contributed by atoms with E-state index < -0.39 is 0 Å². The van der Waals surface area contributed by atoms with Crippen molar-refractivity contribution in [3.05, 3.63) is 30.5 Å². The molecule has 0 radical (unpaired) electrons. The van der Waals surface area contributed by atoms with E-state index in [1.54, 1.807) is 6.20 Å². The summed E-state index contributed by atoms with van der Waals surface area (Å²) in [5.74, 6) is 2.11. The quantitative estimate of drug-likeness (QED) is 0.762. The number of anilines is 3. The molecule has 0 saturated heterocycles. The van der Waals surface area contributed by atoms with Crippen LogP contribution in [0.2, 0.25) is 0 Å². The van der Waals surface area contributed by atoms with Gasteiger partial charge in [0.15, 0.2) is 5.82 Å². The highest BCUT2D eigenvalue weighted by molar-refractivity contribution is 5.62. The van der Waals surface area contributed by atoms with Crippen molar-refractivity contribution in [2.45, 2.75) is 33.6 Å². The van der Waals surface area contributed by atoms with E-state index in [1.165, 1.54) is 0 Å². The first-order chi connectivity index (χ1) is 11.3. The van der Waals surface area contributed by atoms with Gasteiger partial charge in [0, 0.05) is 13.1 Å². The highest BCUT2D eigenvalue weighted by Crippen LogP contribution is 2.26. The van der Waals surface area contributed by atoms with Gasteiger partial charge in [-0.3, -0.25) is 0 Å². The van der Waals surface area contributed by atoms with Gasteiger partial charge in [-0.05, 0) is 31.9 Å². The number of benzene rings is 1. The van der Waals surface area contributed by atoms with Crippen LogP contribution in [0, 0.1) is 0 Å². The number of nitrogens with zero attached hydrogens (tertiary/aromatic N) is 4. The Morgan fingerprint density at radius 3 is 2.52 bits per heavy atom. The topological polar surface area (TPSA) is 63.2 Å². The standard InChI is InChI=1S/C17H25N5O/c1-4-11-22(12-5-2)16-13-18-21-17(20-16)19-14-9-7-8-10-15(14)23-6-3/h7-10,13H,4-6,11-12H2,1-3H3,(H,19,20,21). The first kappa shape index (κ1) is 17.0. The fourth-order valence-electron chi connectivity index (χ4n) is 2.35. The average molecular weight is 315 g/mol. The molecule has 0 saturated carbocycles. The van der Waals surface area contributed by atoms with Crippen molar-refractivity contribution < 1.29 is 4.74 Å². The molecule has 6 nitrogen and oxygen atoms in total. The normalized spacial score (nSPS) is 10.4. The van der Waals surface area contributed by atoms with Crippen LogP contribution in [0.5, 0.6) is 5.75 Å². The van der Waals surface area contributed by atoms with Crippen LogP contribution in [0.3, 0.4) is 0 Å². The van der Waals surface area contributed by atoms with Gasteiger partial charge in [-0.15, -0.1) is 5.10 Å². The number of ether oxygens (including phenoxy) is 1. The fraction of sp³-hybridized carbons (Fsp3) is 0.471. The molecule has 1 aromatic heterocycles. The third-order valence-electron chi connectivity index (χ3n) is 3.29. The van der Waals surface area contributed by atoms with Gasteiger partial charge in [0.2, 0.25) is 5.95 Å². The first-order valence-electron chi connectivity index (χ1n) is 8.22. The van der Waals surface area contributed by atoms with Gasteiger partial charge < -0.3 is 15.0 Å². The third kappa shape index (κ3) is 4.81. The highest BCUT2D eigenvalue weighted by Gasteiger charge is 2.10. The maximum Gasteiger partial charge on any atom is 0.249 e. The van der Waals surface area contributed by atoms with Crippen molar-refractivity contribution in [1.29, 1.82) is 0 Å². The summed E-state index contributed by atoms with van der Waals surface area (Å²) in [6, 6.07) is 7.75. The molecular weight excluding hydrogens is 290 g/mol. The van der Waals surface area contributed by atoms with E-state index in [2.05, 4.69) is 39.2 Å². The smallest absolute Gasteiger partial charge is 0.249 e. The molecule has 0 atom stereocenters. The molecule has 0 aliphatic carbocycles. The van der Waals surface area contributed by atoms with E-state index in [0.29, 0.717) is 12.6 Å². The Morgan fingerprint density at radius 1 is 1.09 bits per heavy atom. The molecule has 0 amide bonds. The molecule has 23 heavy (non-hydrogen) atoms. The van der Waals surface area contributed by atoms with Gasteiger partial charge in [0.1, 0.15) is 5.75 Å². The lowest BCUT2D eigenvalue weighted by atomic mass is 10.3. The van der Waals surface area contributed by atoms with Gasteiger partial charge in [0.25, 0.3) is 0 Å². The van der Waals surface area contributed by atoms with Crippen molar-refractivity contribution in [2.75, 3.05) is 29.9 Å². The molecular formula is C17H25N5O. The third-order valence-corrected chi connectivity index (χ3v) is 3.29. The molecule has 0 fully saturated rings. The fourth-order valence-corrected chi connectivity index (χ4v) is 2.35. The van der Waals surface area contributed by atoms with Gasteiger partial charge in [-0.1, -0.05) is 26.0 Å². The largest absolute Gasteiger partial charge is 0.492 e. The summed E-state index contributed by atoms with van der Waals surface area (Å²) in [6.45, 7) is 8.81. The second-order valence-corrected chi connectivity index (χ2v) is 5.18. The Hall–Kier alpha value is -2.37. The van der Waals surface area contributed by atoms with Gasteiger partial charge in [0.05, 0.1) is 18.5 Å². The summed E-state index contributed by atoms with van der Waals surface area (Å²) in [5, 5.41) is 11.4. The van der Waals surface area contributed by atoms with Crippen molar-refractivity contribution in [3.63, 3.8) is 0 Å². The molecule has 1 N–H and O–H groups in total. The summed E-state index contributed by atoms with van der Waals surface area (Å²) in [4.78, 5) is 6.82. The predicted octanol–water partition coefficient (Wildman–Crippen LogP) is 3.64. The second kappa shape index (κ2) is 8.92. The highest BCUT2D eigenvalue weighted by atomic mass is 16.5. The summed E-state index contributed by atoms with van der Waals surface area (Å²) in [5.41, 5.74) is 0.839. The molecule has 2 rings (SSSR count). The minimum Gasteiger partial charge on any atom is -0.492 e. The minimum absolute atomic E-state index is 0.479. The van der Waals surface area contributed by atoms with Crippen LogP contribution in [0.4, 0.5) is 17.5 Å². The zero-order valence-corrected chi connectivity index (χ0v) is 14.1. The average Bonchev–Trinajstić information content (AvgIpc) is 2.57. The zero-order chi connectivity index (χ0) is 16.5. The van der Waals surface area contributed by atoms with Crippen molar-refractivity contribution in [3.8, 4) is 5.75 Å². The van der Waals surface area contributed by atoms with Crippen LogP contribution < -0.4 is 15.0 Å². The maximum atomic E-state index is 5.62. The van der Waals surface area contributed by atoms with E-state index >= 15 is 0 Å². The Labute approximate surface area is 137 Å². The number of para-hydroxylation sites is 2. The Kier molecular flexibility index (Phi) is 6.59. The van der Waals surface area contributed by atoms with E-state index in [0.717, 1.165) is 43.2 Å². The lowest BCUT2D eigenvalue weighted by Gasteiger charge is -2.22. The summed E-state index contributed by atoms with van der Waals surface area (Å²) in [6.07, 6.45) is 3.85. The van der Waals surface area contributed by atoms with Gasteiger partial charge in [-0.25, -0.2) is 0 Å². The summed E-state index contributed by atoms with van der Waals surface area (Å²) < 4.78 is 5.62. The van der Waals surface area contributed by atoms with E-state index in [9.17, 15) is 0 Å². The molecule has 0 aliphatic heterocycles. The Bertz CT molecular complexity index is 599. The second-order valence-electron chi connectivity index (χ2n) is 5.18. The molecule has 6 heteroatoms. The number of aromatic nitrogens is 3. The van der Waals surface area contributed by atoms with E-state index in [-0.39, 0.29) is 0 Å². The number of rotatable bonds is 9. The van der Waals surface area contributed by atoms with Crippen LogP contribution in [0.15, 0.2) is 30.5 Å². The SMILES string of the molecule is CCCN(CCC)c1cnnc(Nc2ccccc2OCC)n1. The molecule has 1 aromatic carbocycles. The van der Waals surface area contributed by atoms with E-state index in [1.807, 2.05) is 31.2 Å². The molecule has 2 aromatic rings. The van der Waals surface area contributed by atoms with Crippen LogP contribution in [0.25, 0.3) is 0 Å². The molecule has 0 spiro atoms. The molecule has 1 heterocycles. The predicted molar refractivity (Wildman–Crippen MR) is 93.5 cm³/mol. The number of nitrogens with one attached hydrogen (secondary N) is 1. The Balaban J connectivity index is 2.19. The molecule has 0 aliphatic rings. The number of hydrogen-bond acceptors (Lipinski definition) is 6. The van der Waals surface area contributed by atoms with Crippen molar-refractivity contribution in [1.82, 2.24) is 15.2 Å². The maximum absolute atomic E-state index is 5.62. The van der Waals surface area contributed by atoms with Gasteiger partial charge >= 0.3 is 0 Å². The lowest BCUT2D eigenvalue weighted by molar-refractivity contribution is 0.342. The van der Waals surface area contributed by atoms with Crippen LogP contribution in [-0.2, 0) is 0 Å². The summed E-state index contributed by atoms with van der Waals surface area (Å²) in [7, 11) is 0. The minimum atomic E-state index is 0.479. The molecule has 124 valence electrons. The molecule has 0 unspecified atom stereocenters. The van der Waals surface area contributed by atoms with E-state index in [4.69, 9.17) is 4.74 Å². The lowest BCUT2D eigenvalue weighted by Crippen LogP contribution is -2.26. The summed E-state index contributed by atoms with van der Waals surface area (Å²) >= 11 is 0. The van der Waals surface area contributed by atoms with Crippen molar-refractivity contribution in [2.24, 2.45) is 0 Å². The zero-order valence-electron chi connectivity index (χ0n) is 14.1. The monoisotopic (exact) mass is 315 g/mol. The molecule has 0 bridgehead atoms. The Morgan fingerprint density at radius 2 is 1.83 bits per heavy atom. The van der Waals surface area contributed by atoms with Crippen LogP contribution in [0.1, 0.15) is 33.6 Å². The van der Waals surface area contributed by atoms with Crippen molar-refractivity contribution >= 4 is 17.5 Å². The van der Waals surface area contributed by atoms with Crippen LogP contribution >= 0.6 is 0 Å². The van der Waals surface area contributed by atoms with Gasteiger partial charge in [-0.2, -0.15) is 10.1 Å². The van der Waals surface area contributed by atoms with Crippen LogP contribution in [-0.4, -0.2) is 34.9 Å². The number of hydrogen-bond donors (Lipinski definition) is 1. The first-order valence-corrected chi connectivity index (χ1v) is 8.22.